The van der Waals surface area contributed by atoms with Crippen LogP contribution in [0.2, 0.25) is 15.1 Å². The molecule has 0 aliphatic heterocycles. The van der Waals surface area contributed by atoms with Gasteiger partial charge in [0.05, 0.1) is 5.52 Å². The second-order valence-electron chi connectivity index (χ2n) is 6.82. The van der Waals surface area contributed by atoms with Crippen molar-refractivity contribution in [3.05, 3.63) is 51.5 Å². The highest BCUT2D eigenvalue weighted by Gasteiger charge is 2.16. The van der Waals surface area contributed by atoms with Crippen molar-refractivity contribution in [2.75, 3.05) is 10.6 Å². The predicted molar refractivity (Wildman–Crippen MR) is 115 cm³/mol. The zero-order valence-electron chi connectivity index (χ0n) is 14.6. The number of anilines is 3. The van der Waals surface area contributed by atoms with Gasteiger partial charge in [-0.2, -0.15) is 4.98 Å². The van der Waals surface area contributed by atoms with Gasteiger partial charge in [-0.15, -0.1) is 0 Å². The summed E-state index contributed by atoms with van der Waals surface area (Å²) in [5, 5.41) is 9.50. The number of hydrogen-bond donors (Lipinski definition) is 2. The van der Waals surface area contributed by atoms with E-state index in [9.17, 15) is 0 Å². The first kappa shape index (κ1) is 18.6. The van der Waals surface area contributed by atoms with Gasteiger partial charge < -0.3 is 10.6 Å². The molecule has 2 N–H and O–H groups in total. The largest absolute Gasteiger partial charge is 0.367 e. The zero-order chi connectivity index (χ0) is 18.8. The van der Waals surface area contributed by atoms with Crippen LogP contribution in [0.4, 0.5) is 17.5 Å². The maximum Gasteiger partial charge on any atom is 0.229 e. The molecule has 0 amide bonds. The molecule has 4 rings (SSSR count). The summed E-state index contributed by atoms with van der Waals surface area (Å²) in [5.74, 6) is 1.28. The average molecular weight is 422 g/mol. The van der Waals surface area contributed by atoms with Gasteiger partial charge in [0.25, 0.3) is 0 Å². The second kappa shape index (κ2) is 8.09. The number of fused-ring (bicyclic) bond motifs is 1. The maximum atomic E-state index is 6.21. The van der Waals surface area contributed by atoms with Gasteiger partial charge in [-0.25, -0.2) is 4.98 Å². The fraction of sp³-hybridized carbons (Fsp3) is 0.300. The van der Waals surface area contributed by atoms with E-state index >= 15 is 0 Å². The van der Waals surface area contributed by atoms with Crippen LogP contribution in [-0.2, 0) is 0 Å². The fourth-order valence-corrected chi connectivity index (χ4v) is 4.16. The lowest BCUT2D eigenvalue weighted by molar-refractivity contribution is 0.462. The zero-order valence-corrected chi connectivity index (χ0v) is 16.9. The molecule has 27 heavy (non-hydrogen) atoms. The van der Waals surface area contributed by atoms with Crippen LogP contribution in [0.5, 0.6) is 0 Å². The number of hydrogen-bond acceptors (Lipinski definition) is 4. The van der Waals surface area contributed by atoms with Crippen LogP contribution in [0, 0.1) is 0 Å². The standard InChI is InChI=1S/C20H19Cl3N4/c21-12-6-7-18-17(11-12)19(24-15-4-2-1-3-5-15)27-20(26-18)25-16-9-13(22)8-14(23)10-16/h6-11,15H,1-5H2,(H2,24,25,26,27). The van der Waals surface area contributed by atoms with Crippen molar-refractivity contribution < 1.29 is 0 Å². The summed E-state index contributed by atoms with van der Waals surface area (Å²) in [4.78, 5) is 9.33. The highest BCUT2D eigenvalue weighted by Crippen LogP contribution is 2.30. The minimum absolute atomic E-state index is 0.421. The van der Waals surface area contributed by atoms with Crippen LogP contribution in [0.15, 0.2) is 36.4 Å². The minimum atomic E-state index is 0.421. The Hall–Kier alpha value is -1.75. The van der Waals surface area contributed by atoms with Gasteiger partial charge >= 0.3 is 0 Å². The fourth-order valence-electron chi connectivity index (χ4n) is 3.46. The summed E-state index contributed by atoms with van der Waals surface area (Å²) in [6.45, 7) is 0. The predicted octanol–water partition coefficient (Wildman–Crippen LogP) is 7.08. The van der Waals surface area contributed by atoms with Gasteiger partial charge in [0.2, 0.25) is 5.95 Å². The molecule has 140 valence electrons. The highest BCUT2D eigenvalue weighted by atomic mass is 35.5. The number of aromatic nitrogens is 2. The maximum absolute atomic E-state index is 6.21. The normalized spacial score (nSPS) is 15.1. The molecular weight excluding hydrogens is 403 g/mol. The van der Waals surface area contributed by atoms with Gasteiger partial charge in [-0.05, 0) is 49.2 Å². The molecule has 7 heteroatoms. The molecular formula is C20H19Cl3N4. The first-order chi connectivity index (χ1) is 13.1. The van der Waals surface area contributed by atoms with Crippen molar-refractivity contribution in [2.24, 2.45) is 0 Å². The van der Waals surface area contributed by atoms with Crippen molar-refractivity contribution in [2.45, 2.75) is 38.1 Å². The molecule has 0 saturated heterocycles. The molecule has 0 atom stereocenters. The SMILES string of the molecule is Clc1cc(Cl)cc(Nc2nc(NC3CCCCC3)c3cc(Cl)ccc3n2)c1. The van der Waals surface area contributed by atoms with E-state index in [2.05, 4.69) is 15.6 Å². The Kier molecular flexibility index (Phi) is 5.58. The Bertz CT molecular complexity index is 951. The first-order valence-electron chi connectivity index (χ1n) is 9.04. The van der Waals surface area contributed by atoms with Gasteiger partial charge in [-0.3, -0.25) is 0 Å². The van der Waals surface area contributed by atoms with Crippen molar-refractivity contribution in [1.29, 1.82) is 0 Å². The van der Waals surface area contributed by atoms with E-state index in [0.29, 0.717) is 27.1 Å². The van der Waals surface area contributed by atoms with Gasteiger partial charge in [0.1, 0.15) is 5.82 Å². The number of nitrogens with one attached hydrogen (secondary N) is 2. The number of benzene rings is 2. The third-order valence-corrected chi connectivity index (χ3v) is 5.39. The molecule has 2 aromatic carbocycles. The topological polar surface area (TPSA) is 49.8 Å². The molecule has 4 nitrogen and oxygen atoms in total. The van der Waals surface area contributed by atoms with Crippen molar-refractivity contribution in [3.8, 4) is 0 Å². The summed E-state index contributed by atoms with van der Waals surface area (Å²) in [6.07, 6.45) is 6.09. The van der Waals surface area contributed by atoms with Crippen LogP contribution in [-0.4, -0.2) is 16.0 Å². The Morgan fingerprint density at radius 2 is 1.56 bits per heavy atom. The molecule has 1 fully saturated rings. The Morgan fingerprint density at radius 1 is 0.815 bits per heavy atom. The van der Waals surface area contributed by atoms with Crippen LogP contribution in [0.25, 0.3) is 10.9 Å². The van der Waals surface area contributed by atoms with E-state index in [4.69, 9.17) is 39.8 Å². The van der Waals surface area contributed by atoms with Gasteiger partial charge in [-0.1, -0.05) is 54.1 Å². The molecule has 3 aromatic rings. The second-order valence-corrected chi connectivity index (χ2v) is 8.13. The van der Waals surface area contributed by atoms with Crippen LogP contribution >= 0.6 is 34.8 Å². The van der Waals surface area contributed by atoms with Crippen molar-refractivity contribution >= 4 is 63.2 Å². The van der Waals surface area contributed by atoms with Crippen molar-refractivity contribution in [1.82, 2.24) is 9.97 Å². The lowest BCUT2D eigenvalue weighted by Gasteiger charge is -2.24. The van der Waals surface area contributed by atoms with E-state index in [0.717, 1.165) is 35.2 Å². The molecule has 1 saturated carbocycles. The van der Waals surface area contributed by atoms with E-state index in [1.165, 1.54) is 19.3 Å². The molecule has 0 unspecified atom stereocenters. The molecule has 1 aliphatic carbocycles. The summed E-state index contributed by atoms with van der Waals surface area (Å²) in [5.41, 5.74) is 1.56. The number of halogens is 3. The third kappa shape index (κ3) is 4.57. The smallest absolute Gasteiger partial charge is 0.229 e. The van der Waals surface area contributed by atoms with E-state index < -0.39 is 0 Å². The summed E-state index contributed by atoms with van der Waals surface area (Å²) in [7, 11) is 0. The van der Waals surface area contributed by atoms with E-state index in [1.807, 2.05) is 18.2 Å². The molecule has 1 heterocycles. The lowest BCUT2D eigenvalue weighted by Crippen LogP contribution is -2.23. The minimum Gasteiger partial charge on any atom is -0.367 e. The highest BCUT2D eigenvalue weighted by molar-refractivity contribution is 6.35. The molecule has 0 bridgehead atoms. The Morgan fingerprint density at radius 3 is 2.30 bits per heavy atom. The quantitative estimate of drug-likeness (QED) is 0.472. The van der Waals surface area contributed by atoms with Crippen LogP contribution < -0.4 is 10.6 Å². The van der Waals surface area contributed by atoms with Crippen LogP contribution in [0.3, 0.4) is 0 Å². The summed E-state index contributed by atoms with van der Waals surface area (Å²) in [6, 6.07) is 11.3. The first-order valence-corrected chi connectivity index (χ1v) is 10.2. The van der Waals surface area contributed by atoms with E-state index in [-0.39, 0.29) is 0 Å². The molecule has 0 spiro atoms. The van der Waals surface area contributed by atoms with Crippen LogP contribution in [0.1, 0.15) is 32.1 Å². The third-order valence-electron chi connectivity index (χ3n) is 4.72. The summed E-state index contributed by atoms with van der Waals surface area (Å²) < 4.78 is 0. The number of rotatable bonds is 4. The van der Waals surface area contributed by atoms with E-state index in [1.54, 1.807) is 18.2 Å². The molecule has 0 radical (unpaired) electrons. The molecule has 1 aliphatic rings. The average Bonchev–Trinajstić information content (AvgIpc) is 2.62. The Balaban J connectivity index is 1.71. The lowest BCUT2D eigenvalue weighted by atomic mass is 9.95. The van der Waals surface area contributed by atoms with Gasteiger partial charge in [0.15, 0.2) is 0 Å². The van der Waals surface area contributed by atoms with Crippen molar-refractivity contribution in [3.63, 3.8) is 0 Å². The Labute approximate surface area is 173 Å². The summed E-state index contributed by atoms with van der Waals surface area (Å²) >= 11 is 18.4. The number of nitrogens with zero attached hydrogens (tertiary/aromatic N) is 2. The van der Waals surface area contributed by atoms with Gasteiger partial charge in [0, 0.05) is 32.2 Å². The molecule has 1 aromatic heterocycles. The monoisotopic (exact) mass is 420 g/mol.